The van der Waals surface area contributed by atoms with Gasteiger partial charge in [0.1, 0.15) is 5.82 Å². The van der Waals surface area contributed by atoms with Crippen molar-refractivity contribution in [3.8, 4) is 5.69 Å². The van der Waals surface area contributed by atoms with Crippen molar-refractivity contribution in [3.05, 3.63) is 109 Å². The molecule has 1 heterocycles. The maximum Gasteiger partial charge on any atom is 0.273 e. The Kier molecular flexibility index (Phi) is 8.76. The highest BCUT2D eigenvalue weighted by Crippen LogP contribution is 2.30. The number of unbranched alkanes of at least 4 members (excludes halogenated alkanes) is 2. The second-order valence-corrected chi connectivity index (χ2v) is 9.93. The SMILES string of the molecule is CCCCCN(C(=O)c1ccc(C)c([N+](=O)[O-])c1)C(CC)c1nc2ccccc2c(=O)n1-c1cccc(Cl)c1. The Labute approximate surface area is 232 Å². The first-order valence-electron chi connectivity index (χ1n) is 13.1. The van der Waals surface area contributed by atoms with Crippen LogP contribution in [0.4, 0.5) is 5.69 Å². The highest BCUT2D eigenvalue weighted by molar-refractivity contribution is 6.30. The summed E-state index contributed by atoms with van der Waals surface area (Å²) in [5.41, 5.74) is 1.41. The number of aryl methyl sites for hydroxylation is 1. The molecule has 1 aromatic heterocycles. The van der Waals surface area contributed by atoms with Crippen LogP contribution in [0.25, 0.3) is 16.6 Å². The summed E-state index contributed by atoms with van der Waals surface area (Å²) in [7, 11) is 0. The number of nitro benzene ring substituents is 1. The van der Waals surface area contributed by atoms with E-state index in [9.17, 15) is 19.7 Å². The highest BCUT2D eigenvalue weighted by Gasteiger charge is 2.30. The van der Waals surface area contributed by atoms with Crippen molar-refractivity contribution in [2.75, 3.05) is 6.54 Å². The summed E-state index contributed by atoms with van der Waals surface area (Å²) in [6.07, 6.45) is 3.07. The predicted octanol–water partition coefficient (Wildman–Crippen LogP) is 7.04. The van der Waals surface area contributed by atoms with Crippen LogP contribution in [0.3, 0.4) is 0 Å². The molecule has 0 aliphatic heterocycles. The van der Waals surface area contributed by atoms with Crippen LogP contribution < -0.4 is 5.56 Å². The average Bonchev–Trinajstić information content (AvgIpc) is 2.92. The first-order chi connectivity index (χ1) is 18.8. The molecule has 0 saturated carbocycles. The lowest BCUT2D eigenvalue weighted by atomic mass is 10.0. The fraction of sp³-hybridized carbons (Fsp3) is 0.300. The molecule has 0 saturated heterocycles. The Bertz CT molecular complexity index is 1580. The van der Waals surface area contributed by atoms with Crippen molar-refractivity contribution in [1.82, 2.24) is 14.5 Å². The Morgan fingerprint density at radius 1 is 1.08 bits per heavy atom. The predicted molar refractivity (Wildman–Crippen MR) is 154 cm³/mol. The molecule has 4 rings (SSSR count). The number of carbonyl (C=O) groups is 1. The number of aromatic nitrogens is 2. The van der Waals surface area contributed by atoms with Gasteiger partial charge in [-0.2, -0.15) is 0 Å². The van der Waals surface area contributed by atoms with E-state index in [2.05, 4.69) is 6.92 Å². The largest absolute Gasteiger partial charge is 0.328 e. The fourth-order valence-corrected chi connectivity index (χ4v) is 5.00. The maximum absolute atomic E-state index is 14.0. The molecule has 3 aromatic carbocycles. The number of rotatable bonds is 10. The molecule has 0 radical (unpaired) electrons. The lowest BCUT2D eigenvalue weighted by Crippen LogP contribution is -2.39. The molecule has 9 heteroatoms. The van der Waals surface area contributed by atoms with Gasteiger partial charge < -0.3 is 4.90 Å². The molecule has 1 atom stereocenters. The zero-order chi connectivity index (χ0) is 28.1. The molecule has 0 fully saturated rings. The van der Waals surface area contributed by atoms with Gasteiger partial charge in [-0.3, -0.25) is 24.3 Å². The van der Waals surface area contributed by atoms with Gasteiger partial charge in [0.15, 0.2) is 0 Å². The van der Waals surface area contributed by atoms with Crippen LogP contribution in [0.15, 0.2) is 71.5 Å². The second-order valence-electron chi connectivity index (χ2n) is 9.50. The van der Waals surface area contributed by atoms with E-state index in [1.807, 2.05) is 13.0 Å². The molecular weight excluding hydrogens is 516 g/mol. The number of fused-ring (bicyclic) bond motifs is 1. The topological polar surface area (TPSA) is 98.3 Å². The third kappa shape index (κ3) is 5.86. The summed E-state index contributed by atoms with van der Waals surface area (Å²) in [5, 5.41) is 12.5. The van der Waals surface area contributed by atoms with Gasteiger partial charge in [-0.1, -0.05) is 62.6 Å². The number of para-hydroxylation sites is 1. The summed E-state index contributed by atoms with van der Waals surface area (Å²) in [6.45, 7) is 6.06. The summed E-state index contributed by atoms with van der Waals surface area (Å²) < 4.78 is 1.53. The molecule has 8 nitrogen and oxygen atoms in total. The lowest BCUT2D eigenvalue weighted by molar-refractivity contribution is -0.385. The molecule has 0 aliphatic carbocycles. The van der Waals surface area contributed by atoms with Crippen LogP contribution >= 0.6 is 11.6 Å². The number of benzene rings is 3. The van der Waals surface area contributed by atoms with Gasteiger partial charge in [-0.15, -0.1) is 0 Å². The van der Waals surface area contributed by atoms with E-state index in [0.717, 1.165) is 19.3 Å². The molecule has 0 bridgehead atoms. The van der Waals surface area contributed by atoms with Crippen molar-refractivity contribution < 1.29 is 9.72 Å². The molecule has 0 spiro atoms. The van der Waals surface area contributed by atoms with E-state index in [4.69, 9.17) is 16.6 Å². The second kappa shape index (κ2) is 12.2. The van der Waals surface area contributed by atoms with Crippen molar-refractivity contribution in [3.63, 3.8) is 0 Å². The zero-order valence-corrected chi connectivity index (χ0v) is 23.0. The monoisotopic (exact) mass is 546 g/mol. The third-order valence-corrected chi connectivity index (χ3v) is 7.08. The third-order valence-electron chi connectivity index (χ3n) is 6.85. The van der Waals surface area contributed by atoms with E-state index in [0.29, 0.717) is 46.0 Å². The van der Waals surface area contributed by atoms with Crippen LogP contribution in [-0.2, 0) is 0 Å². The molecule has 0 aliphatic rings. The number of hydrogen-bond acceptors (Lipinski definition) is 5. The van der Waals surface area contributed by atoms with Gasteiger partial charge in [-0.25, -0.2) is 4.98 Å². The number of nitrogens with zero attached hydrogens (tertiary/aromatic N) is 4. The van der Waals surface area contributed by atoms with Crippen LogP contribution in [0.5, 0.6) is 0 Å². The summed E-state index contributed by atoms with van der Waals surface area (Å²) in [6, 6.07) is 18.0. The minimum atomic E-state index is -0.578. The summed E-state index contributed by atoms with van der Waals surface area (Å²) in [5.74, 6) is 0.0658. The molecule has 0 N–H and O–H groups in total. The minimum Gasteiger partial charge on any atom is -0.328 e. The van der Waals surface area contributed by atoms with Crippen molar-refractivity contribution in [2.24, 2.45) is 0 Å². The lowest BCUT2D eigenvalue weighted by Gasteiger charge is -2.32. The quantitative estimate of drug-likeness (QED) is 0.121. The maximum atomic E-state index is 14.0. The van der Waals surface area contributed by atoms with E-state index in [1.54, 1.807) is 66.4 Å². The van der Waals surface area contributed by atoms with Gasteiger partial charge in [-0.05, 0) is 56.2 Å². The van der Waals surface area contributed by atoms with Gasteiger partial charge in [0, 0.05) is 28.8 Å². The van der Waals surface area contributed by atoms with Crippen LogP contribution in [0, 0.1) is 17.0 Å². The van der Waals surface area contributed by atoms with Crippen molar-refractivity contribution in [1.29, 1.82) is 0 Å². The van der Waals surface area contributed by atoms with Crippen molar-refractivity contribution in [2.45, 2.75) is 52.5 Å². The number of amides is 1. The smallest absolute Gasteiger partial charge is 0.273 e. The minimum absolute atomic E-state index is 0.109. The summed E-state index contributed by atoms with van der Waals surface area (Å²) in [4.78, 5) is 45.6. The van der Waals surface area contributed by atoms with E-state index >= 15 is 0 Å². The van der Waals surface area contributed by atoms with E-state index < -0.39 is 11.0 Å². The first kappa shape index (κ1) is 28.0. The van der Waals surface area contributed by atoms with Gasteiger partial charge >= 0.3 is 0 Å². The van der Waals surface area contributed by atoms with Gasteiger partial charge in [0.2, 0.25) is 0 Å². The van der Waals surface area contributed by atoms with E-state index in [-0.39, 0.29) is 22.7 Å². The normalized spacial score (nSPS) is 11.9. The fourth-order valence-electron chi connectivity index (χ4n) is 4.82. The van der Waals surface area contributed by atoms with Crippen LogP contribution in [0.1, 0.15) is 67.3 Å². The van der Waals surface area contributed by atoms with Crippen LogP contribution in [-0.4, -0.2) is 31.8 Å². The van der Waals surface area contributed by atoms with Crippen LogP contribution in [0.2, 0.25) is 5.02 Å². The molecule has 1 unspecified atom stereocenters. The molecule has 202 valence electrons. The Morgan fingerprint density at radius 3 is 2.54 bits per heavy atom. The molecular formula is C30H31ClN4O4. The Hall–Kier alpha value is -4.04. The Balaban J connectivity index is 1.93. The Morgan fingerprint density at radius 2 is 1.85 bits per heavy atom. The van der Waals surface area contributed by atoms with Gasteiger partial charge in [0.05, 0.1) is 27.6 Å². The van der Waals surface area contributed by atoms with E-state index in [1.165, 1.54) is 10.6 Å². The number of carbonyl (C=O) groups excluding carboxylic acids is 1. The number of nitro groups is 1. The standard InChI is InChI=1S/C30H31ClN4O4/c1-4-6-9-17-33(29(36)21-16-15-20(3)27(18-21)35(38)39)26(5-2)28-32-25-14-8-7-13-24(25)30(37)34(28)23-12-10-11-22(31)19-23/h7-8,10-16,18-19,26H,4-6,9,17H2,1-3H3. The summed E-state index contributed by atoms with van der Waals surface area (Å²) >= 11 is 6.31. The number of hydrogen-bond donors (Lipinski definition) is 0. The highest BCUT2D eigenvalue weighted by atomic mass is 35.5. The van der Waals surface area contributed by atoms with Crippen molar-refractivity contribution >= 4 is 34.1 Å². The first-order valence-corrected chi connectivity index (χ1v) is 13.5. The molecule has 39 heavy (non-hydrogen) atoms. The van der Waals surface area contributed by atoms with Gasteiger partial charge in [0.25, 0.3) is 17.2 Å². The zero-order valence-electron chi connectivity index (χ0n) is 22.3. The average molecular weight is 547 g/mol. The molecule has 4 aromatic rings. The molecule has 1 amide bonds. The number of halogens is 1.